The van der Waals surface area contributed by atoms with Crippen molar-refractivity contribution in [2.75, 3.05) is 92.1 Å². The van der Waals surface area contributed by atoms with Crippen molar-refractivity contribution in [3.05, 3.63) is 24.2 Å². The average Bonchev–Trinajstić information content (AvgIpc) is 3.03. The highest BCUT2D eigenvalue weighted by Gasteiger charge is 2.10. The topological polar surface area (TPSA) is 183 Å². The average molecular weight is 565 g/mol. The largest absolute Gasteiger partial charge is 0.478 e. The van der Waals surface area contributed by atoms with E-state index in [9.17, 15) is 19.2 Å². The Hall–Kier alpha value is -2.52. The number of ketones is 2. The van der Waals surface area contributed by atoms with Gasteiger partial charge in [-0.1, -0.05) is 0 Å². The van der Waals surface area contributed by atoms with Crippen LogP contribution in [-0.4, -0.2) is 146 Å². The van der Waals surface area contributed by atoms with E-state index in [1.807, 2.05) is 0 Å². The Labute approximate surface area is 235 Å². The molecule has 0 aromatic heterocycles. The van der Waals surface area contributed by atoms with E-state index in [1.165, 1.54) is 0 Å². The molecule has 0 aromatic carbocycles. The summed E-state index contributed by atoms with van der Waals surface area (Å²) in [4.78, 5) is 47.4. The molecule has 224 valence electrons. The van der Waals surface area contributed by atoms with Crippen LogP contribution in [0.1, 0.15) is 31.2 Å². The molecule has 0 amide bonds. The summed E-state index contributed by atoms with van der Waals surface area (Å²) >= 11 is 0. The Balaban J connectivity index is 0.000000677. The lowest BCUT2D eigenvalue weighted by Gasteiger charge is -2.26. The van der Waals surface area contributed by atoms with Gasteiger partial charge in [0, 0.05) is 44.9 Å². The van der Waals surface area contributed by atoms with Crippen molar-refractivity contribution >= 4 is 23.5 Å². The molecule has 0 saturated carbocycles. The number of rotatable bonds is 15. The minimum Gasteiger partial charge on any atom is -0.478 e. The first-order chi connectivity index (χ1) is 20.5. The SMILES string of the molecule is OCCCCN1CCOCC1.[2H]/C(C(=O)CO)=C(/[2H])C(=O)OCCCCN1CCOCC1.[2H]/C(C(=O)O)=C(/[2H])C(=O)CO. The summed E-state index contributed by atoms with van der Waals surface area (Å²) in [6.07, 6.45) is 3.54. The van der Waals surface area contributed by atoms with Gasteiger partial charge in [-0.15, -0.1) is 0 Å². The lowest BCUT2D eigenvalue weighted by Crippen LogP contribution is -2.36. The number of carboxylic acids is 1. The molecule has 13 nitrogen and oxygen atoms in total. The zero-order valence-electron chi connectivity index (χ0n) is 26.3. The molecule has 2 saturated heterocycles. The number of carboxylic acid groups (broad SMARTS) is 1. The number of unbranched alkanes of at least 4 members (excludes halogenated alkanes) is 2. The highest BCUT2D eigenvalue weighted by molar-refractivity contribution is 5.96. The smallest absolute Gasteiger partial charge is 0.330 e. The molecule has 2 rings (SSSR count). The Kier molecular flexibility index (Phi) is 19.4. The second-order valence-corrected chi connectivity index (χ2v) is 8.15. The summed E-state index contributed by atoms with van der Waals surface area (Å²) in [6.45, 7) is 7.81. The number of morpholine rings is 2. The molecular formula is C26H44N2O11. The summed E-state index contributed by atoms with van der Waals surface area (Å²) in [6, 6.07) is -3.73. The predicted octanol–water partition coefficient (Wildman–Crippen LogP) is -0.961. The van der Waals surface area contributed by atoms with Gasteiger partial charge in [0.2, 0.25) is 0 Å². The molecule has 0 spiro atoms. The van der Waals surface area contributed by atoms with Gasteiger partial charge in [0.15, 0.2) is 11.6 Å². The summed E-state index contributed by atoms with van der Waals surface area (Å²) in [7, 11) is 0. The molecule has 2 fully saturated rings. The van der Waals surface area contributed by atoms with Crippen LogP contribution < -0.4 is 0 Å². The standard InChI is InChI=1S/C13H21NO5.C8H17NO2.C5H6O4/c15-11-12(16)3-4-13(17)19-8-2-1-5-14-6-9-18-10-7-14;10-6-2-1-3-9-4-7-11-8-5-9;6-3-4(7)1-2-5(8)9/h3-4,15H,1-2,5-11H2;10H,1-8H2;1-2,6H,3H2,(H,8,9)/b4-3+;;2-1+/i3D,4D;;1D,2D. The number of aliphatic hydroxyl groups is 3. The second-order valence-electron chi connectivity index (χ2n) is 8.15. The Morgan fingerprint density at radius 1 is 0.718 bits per heavy atom. The van der Waals surface area contributed by atoms with Crippen molar-refractivity contribution in [1.82, 2.24) is 9.80 Å². The maximum Gasteiger partial charge on any atom is 0.330 e. The van der Waals surface area contributed by atoms with Gasteiger partial charge in [-0.2, -0.15) is 0 Å². The highest BCUT2D eigenvalue weighted by Crippen LogP contribution is 2.01. The van der Waals surface area contributed by atoms with E-state index >= 15 is 0 Å². The van der Waals surface area contributed by atoms with Crippen LogP contribution in [0.15, 0.2) is 24.2 Å². The third-order valence-electron chi connectivity index (χ3n) is 5.09. The summed E-state index contributed by atoms with van der Waals surface area (Å²) in [5, 5.41) is 33.4. The van der Waals surface area contributed by atoms with E-state index in [-0.39, 0.29) is 6.61 Å². The van der Waals surface area contributed by atoms with E-state index in [2.05, 4.69) is 9.80 Å². The zero-order chi connectivity index (χ0) is 32.6. The van der Waals surface area contributed by atoms with Gasteiger partial charge >= 0.3 is 11.9 Å². The van der Waals surface area contributed by atoms with E-state index in [0.717, 1.165) is 85.0 Å². The first kappa shape index (κ1) is 29.5. The first-order valence-electron chi connectivity index (χ1n) is 14.7. The fraction of sp³-hybridized carbons (Fsp3) is 0.692. The van der Waals surface area contributed by atoms with Crippen molar-refractivity contribution < 1.29 is 59.3 Å². The lowest BCUT2D eigenvalue weighted by atomic mass is 10.3. The van der Waals surface area contributed by atoms with E-state index in [1.54, 1.807) is 0 Å². The quantitative estimate of drug-likeness (QED) is 0.108. The molecule has 0 aromatic rings. The maximum absolute atomic E-state index is 11.4. The number of nitrogens with zero attached hydrogens (tertiary/aromatic N) is 2. The minimum absolute atomic E-state index is 0.145. The number of hydrogen-bond acceptors (Lipinski definition) is 12. The number of carbonyl (C=O) groups is 4. The molecule has 2 aliphatic heterocycles. The first-order valence-corrected chi connectivity index (χ1v) is 12.7. The van der Waals surface area contributed by atoms with Crippen LogP contribution in [-0.2, 0) is 33.4 Å². The van der Waals surface area contributed by atoms with Crippen molar-refractivity contribution in [3.63, 3.8) is 0 Å². The molecule has 0 atom stereocenters. The van der Waals surface area contributed by atoms with E-state index < -0.39 is 60.9 Å². The van der Waals surface area contributed by atoms with Crippen LogP contribution in [0, 0.1) is 0 Å². The lowest BCUT2D eigenvalue weighted by molar-refractivity contribution is -0.138. The normalized spacial score (nSPS) is 18.6. The van der Waals surface area contributed by atoms with Crippen molar-refractivity contribution in [2.24, 2.45) is 0 Å². The summed E-state index contributed by atoms with van der Waals surface area (Å²) in [5.74, 6) is -4.70. The van der Waals surface area contributed by atoms with Gasteiger partial charge in [0.1, 0.15) is 13.2 Å². The number of aliphatic hydroxyl groups excluding tert-OH is 3. The van der Waals surface area contributed by atoms with Gasteiger partial charge in [-0.25, -0.2) is 9.59 Å². The van der Waals surface area contributed by atoms with Gasteiger partial charge < -0.3 is 34.6 Å². The van der Waals surface area contributed by atoms with E-state index in [0.29, 0.717) is 13.0 Å². The Morgan fingerprint density at radius 2 is 1.18 bits per heavy atom. The van der Waals surface area contributed by atoms with Crippen LogP contribution in [0.25, 0.3) is 0 Å². The monoisotopic (exact) mass is 564 g/mol. The molecule has 2 heterocycles. The van der Waals surface area contributed by atoms with Crippen LogP contribution in [0.4, 0.5) is 0 Å². The molecular weight excluding hydrogens is 516 g/mol. The number of esters is 1. The number of ether oxygens (including phenoxy) is 3. The number of hydrogen-bond donors (Lipinski definition) is 4. The fourth-order valence-electron chi connectivity index (χ4n) is 3.06. The van der Waals surface area contributed by atoms with Crippen molar-refractivity contribution in [1.29, 1.82) is 0 Å². The summed E-state index contributed by atoms with van der Waals surface area (Å²) < 4.78 is 43.2. The minimum atomic E-state index is -1.66. The fourth-order valence-corrected chi connectivity index (χ4v) is 3.06. The molecule has 0 radical (unpaired) electrons. The molecule has 0 unspecified atom stereocenters. The Bertz CT molecular complexity index is 923. The van der Waals surface area contributed by atoms with Gasteiger partial charge in [-0.3, -0.25) is 19.4 Å². The van der Waals surface area contributed by atoms with Gasteiger partial charge in [0.05, 0.1) is 38.5 Å². The van der Waals surface area contributed by atoms with Crippen molar-refractivity contribution in [2.45, 2.75) is 25.7 Å². The van der Waals surface area contributed by atoms with E-state index in [4.69, 9.17) is 40.1 Å². The third kappa shape index (κ3) is 24.3. The third-order valence-corrected chi connectivity index (χ3v) is 5.09. The van der Waals surface area contributed by atoms with Gasteiger partial charge in [-0.05, 0) is 50.9 Å². The second kappa shape index (κ2) is 25.7. The van der Waals surface area contributed by atoms with Crippen LogP contribution in [0.2, 0.25) is 0 Å². The zero-order valence-corrected chi connectivity index (χ0v) is 22.3. The number of carbonyl (C=O) groups excluding carboxylic acids is 3. The predicted molar refractivity (Wildman–Crippen MR) is 141 cm³/mol. The molecule has 0 bridgehead atoms. The molecule has 39 heavy (non-hydrogen) atoms. The Morgan fingerprint density at radius 3 is 1.62 bits per heavy atom. The van der Waals surface area contributed by atoms with Crippen LogP contribution >= 0.6 is 0 Å². The molecule has 13 heteroatoms. The number of aliphatic carboxylic acids is 1. The highest BCUT2D eigenvalue weighted by atomic mass is 16.5. The maximum atomic E-state index is 11.4. The van der Waals surface area contributed by atoms with Crippen molar-refractivity contribution in [3.8, 4) is 0 Å². The molecule has 4 N–H and O–H groups in total. The summed E-state index contributed by atoms with van der Waals surface area (Å²) in [5.41, 5.74) is 0. The van der Waals surface area contributed by atoms with Crippen LogP contribution in [0.5, 0.6) is 0 Å². The van der Waals surface area contributed by atoms with Gasteiger partial charge in [0.25, 0.3) is 0 Å². The van der Waals surface area contributed by atoms with Crippen LogP contribution in [0.3, 0.4) is 0 Å². The molecule has 2 aliphatic rings. The molecule has 0 aliphatic carbocycles.